The fourth-order valence-corrected chi connectivity index (χ4v) is 10.5. The van der Waals surface area contributed by atoms with E-state index in [9.17, 15) is 0 Å². The lowest BCUT2D eigenvalue weighted by molar-refractivity contribution is 0.660. The molecule has 0 saturated heterocycles. The largest absolute Gasteiger partial charge is 0.456 e. The zero-order chi connectivity index (χ0) is 39.7. The lowest BCUT2D eigenvalue weighted by atomic mass is 9.82. The number of benzene rings is 10. The van der Waals surface area contributed by atoms with Crippen LogP contribution in [0.1, 0.15) is 25.0 Å². The lowest BCUT2D eigenvalue weighted by Gasteiger charge is -2.28. The van der Waals surface area contributed by atoms with Crippen molar-refractivity contribution in [3.05, 3.63) is 199 Å². The van der Waals surface area contributed by atoms with E-state index in [2.05, 4.69) is 195 Å². The molecule has 60 heavy (non-hydrogen) atoms. The molecule has 2 aromatic heterocycles. The highest BCUT2D eigenvalue weighted by Crippen LogP contribution is 2.52. The van der Waals surface area contributed by atoms with Gasteiger partial charge in [-0.2, -0.15) is 0 Å². The molecule has 282 valence electrons. The Kier molecular flexibility index (Phi) is 6.78. The van der Waals surface area contributed by atoms with E-state index in [1.54, 1.807) is 0 Å². The highest BCUT2D eigenvalue weighted by Gasteiger charge is 2.36. The average molecular weight is 768 g/mol. The van der Waals surface area contributed by atoms with Gasteiger partial charge in [0, 0.05) is 43.7 Å². The maximum absolute atomic E-state index is 6.71. The first-order chi connectivity index (χ1) is 29.5. The average Bonchev–Trinajstić information content (AvgIpc) is 3.95. The standard InChI is InChI=1S/C57H37NO2/c1-57(2)47-21-8-5-13-38(47)39-30-29-36(33-48(39)57)58(49-22-12-20-45-40-14-6-9-23-50(40)60-56(45)49)35-27-25-34(26-28-35)37-18-11-19-42-44-31-32-52-55(46-17-7-10-24-51(46)59-52)54(44)43-16-4-3-15-41(43)53(37)42/h3-33H,1-2H3. The summed E-state index contributed by atoms with van der Waals surface area (Å²) in [5, 5.41) is 12.0. The van der Waals surface area contributed by atoms with Gasteiger partial charge in [0.1, 0.15) is 16.7 Å². The molecule has 1 aliphatic rings. The Morgan fingerprint density at radius 2 is 0.950 bits per heavy atom. The monoisotopic (exact) mass is 767 g/mol. The van der Waals surface area contributed by atoms with Gasteiger partial charge >= 0.3 is 0 Å². The quantitative estimate of drug-likeness (QED) is 0.167. The molecule has 0 radical (unpaired) electrons. The van der Waals surface area contributed by atoms with Gasteiger partial charge in [0.25, 0.3) is 0 Å². The van der Waals surface area contributed by atoms with Crippen molar-refractivity contribution in [2.24, 2.45) is 0 Å². The van der Waals surface area contributed by atoms with Crippen LogP contribution in [0.2, 0.25) is 0 Å². The second-order valence-corrected chi connectivity index (χ2v) is 16.8. The number of rotatable bonds is 4. The molecule has 0 fully saturated rings. The van der Waals surface area contributed by atoms with E-state index in [1.807, 2.05) is 12.1 Å². The molecule has 0 atom stereocenters. The van der Waals surface area contributed by atoms with Gasteiger partial charge < -0.3 is 13.7 Å². The molecule has 2 heterocycles. The van der Waals surface area contributed by atoms with Gasteiger partial charge in [0.15, 0.2) is 5.58 Å². The van der Waals surface area contributed by atoms with Crippen LogP contribution in [-0.2, 0) is 5.41 Å². The number of fused-ring (bicyclic) bond motifs is 16. The van der Waals surface area contributed by atoms with Crippen LogP contribution in [0.5, 0.6) is 0 Å². The van der Waals surface area contributed by atoms with Gasteiger partial charge in [-0.3, -0.25) is 0 Å². The number of anilines is 3. The second kappa shape index (κ2) is 12.2. The highest BCUT2D eigenvalue weighted by atomic mass is 16.3. The summed E-state index contributed by atoms with van der Waals surface area (Å²) in [4.78, 5) is 2.38. The summed E-state index contributed by atoms with van der Waals surface area (Å²) < 4.78 is 13.1. The fraction of sp³-hybridized carbons (Fsp3) is 0.0526. The lowest BCUT2D eigenvalue weighted by Crippen LogP contribution is -2.16. The molecule has 0 bridgehead atoms. The molecule has 10 aromatic carbocycles. The van der Waals surface area contributed by atoms with Crippen molar-refractivity contribution in [2.75, 3.05) is 4.90 Å². The van der Waals surface area contributed by atoms with Crippen molar-refractivity contribution in [2.45, 2.75) is 19.3 Å². The van der Waals surface area contributed by atoms with Crippen molar-refractivity contribution in [3.63, 3.8) is 0 Å². The minimum absolute atomic E-state index is 0.138. The van der Waals surface area contributed by atoms with E-state index < -0.39 is 0 Å². The third-order valence-electron chi connectivity index (χ3n) is 13.2. The van der Waals surface area contributed by atoms with Gasteiger partial charge in [-0.05, 0) is 115 Å². The Morgan fingerprint density at radius 3 is 1.77 bits per heavy atom. The number of nitrogens with zero attached hydrogens (tertiary/aromatic N) is 1. The molecule has 0 aliphatic heterocycles. The number of para-hydroxylation sites is 3. The predicted molar refractivity (Wildman–Crippen MR) is 251 cm³/mol. The van der Waals surface area contributed by atoms with Crippen LogP contribution in [0.4, 0.5) is 17.1 Å². The molecule has 1 aliphatic carbocycles. The Morgan fingerprint density at radius 1 is 0.367 bits per heavy atom. The first-order valence-electron chi connectivity index (χ1n) is 20.8. The maximum atomic E-state index is 6.71. The van der Waals surface area contributed by atoms with Crippen molar-refractivity contribution in [3.8, 4) is 22.3 Å². The number of hydrogen-bond acceptors (Lipinski definition) is 3. The molecule has 0 amide bonds. The van der Waals surface area contributed by atoms with Gasteiger partial charge in [-0.15, -0.1) is 0 Å². The summed E-state index contributed by atoms with van der Waals surface area (Å²) in [5.74, 6) is 0. The Hall–Kier alpha value is -7.62. The third-order valence-corrected chi connectivity index (χ3v) is 13.2. The molecule has 13 rings (SSSR count). The zero-order valence-electron chi connectivity index (χ0n) is 33.2. The van der Waals surface area contributed by atoms with Crippen LogP contribution >= 0.6 is 0 Å². The molecular formula is C57H37NO2. The van der Waals surface area contributed by atoms with Crippen LogP contribution in [0.15, 0.2) is 197 Å². The molecule has 0 saturated carbocycles. The molecular weight excluding hydrogens is 731 g/mol. The summed E-state index contributed by atoms with van der Waals surface area (Å²) in [7, 11) is 0. The van der Waals surface area contributed by atoms with Gasteiger partial charge in [-0.1, -0.05) is 147 Å². The van der Waals surface area contributed by atoms with Gasteiger partial charge in [-0.25, -0.2) is 0 Å². The van der Waals surface area contributed by atoms with Crippen molar-refractivity contribution >= 4 is 93.3 Å². The number of furan rings is 2. The smallest absolute Gasteiger partial charge is 0.159 e. The zero-order valence-corrected chi connectivity index (χ0v) is 33.2. The van der Waals surface area contributed by atoms with Crippen LogP contribution in [0.3, 0.4) is 0 Å². The molecule has 0 N–H and O–H groups in total. The topological polar surface area (TPSA) is 29.5 Å². The minimum Gasteiger partial charge on any atom is -0.456 e. The van der Waals surface area contributed by atoms with Crippen LogP contribution in [-0.4, -0.2) is 0 Å². The van der Waals surface area contributed by atoms with Crippen LogP contribution in [0.25, 0.3) is 98.4 Å². The normalized spacial score (nSPS) is 13.3. The molecule has 0 spiro atoms. The van der Waals surface area contributed by atoms with Crippen molar-refractivity contribution < 1.29 is 8.83 Å². The summed E-state index contributed by atoms with van der Waals surface area (Å²) >= 11 is 0. The summed E-state index contributed by atoms with van der Waals surface area (Å²) in [6.07, 6.45) is 0. The first-order valence-corrected chi connectivity index (χ1v) is 20.8. The van der Waals surface area contributed by atoms with Crippen LogP contribution in [0, 0.1) is 0 Å². The van der Waals surface area contributed by atoms with E-state index >= 15 is 0 Å². The minimum atomic E-state index is -0.138. The highest BCUT2D eigenvalue weighted by molar-refractivity contribution is 6.36. The van der Waals surface area contributed by atoms with E-state index in [4.69, 9.17) is 8.83 Å². The third kappa shape index (κ3) is 4.55. The molecule has 3 nitrogen and oxygen atoms in total. The molecule has 12 aromatic rings. The fourth-order valence-electron chi connectivity index (χ4n) is 10.5. The summed E-state index contributed by atoms with van der Waals surface area (Å²) in [5.41, 5.74) is 14.3. The number of hydrogen-bond donors (Lipinski definition) is 0. The van der Waals surface area contributed by atoms with Gasteiger partial charge in [0.05, 0.1) is 5.69 Å². The van der Waals surface area contributed by atoms with E-state index in [0.29, 0.717) is 0 Å². The maximum Gasteiger partial charge on any atom is 0.159 e. The molecule has 0 unspecified atom stereocenters. The summed E-state index contributed by atoms with van der Waals surface area (Å²) in [6, 6.07) is 68.2. The second-order valence-electron chi connectivity index (χ2n) is 16.8. The van der Waals surface area contributed by atoms with E-state index in [0.717, 1.165) is 61.1 Å². The van der Waals surface area contributed by atoms with Crippen molar-refractivity contribution in [1.29, 1.82) is 0 Å². The predicted octanol–water partition coefficient (Wildman–Crippen LogP) is 16.4. The van der Waals surface area contributed by atoms with E-state index in [-0.39, 0.29) is 5.41 Å². The Bertz CT molecular complexity index is 3720. The summed E-state index contributed by atoms with van der Waals surface area (Å²) in [6.45, 7) is 4.69. The van der Waals surface area contributed by atoms with Crippen LogP contribution < -0.4 is 4.90 Å². The Balaban J connectivity index is 1.02. The first kappa shape index (κ1) is 33.4. The SMILES string of the molecule is CC1(C)c2ccccc2-c2ccc(N(c3ccc(-c4cccc5c6ccc7oc8ccccc8c7c6c6ccccc6c45)cc3)c3cccc4c3oc3ccccc34)cc21. The van der Waals surface area contributed by atoms with Gasteiger partial charge in [0.2, 0.25) is 0 Å². The Labute approximate surface area is 346 Å². The van der Waals surface area contributed by atoms with Crippen molar-refractivity contribution in [1.82, 2.24) is 0 Å². The van der Waals surface area contributed by atoms with E-state index in [1.165, 1.54) is 65.5 Å². The molecule has 3 heteroatoms.